The van der Waals surface area contributed by atoms with Gasteiger partial charge in [0.1, 0.15) is 0 Å². The summed E-state index contributed by atoms with van der Waals surface area (Å²) in [6.45, 7) is 2.11. The molecule has 27 heavy (non-hydrogen) atoms. The van der Waals surface area contributed by atoms with E-state index in [-0.39, 0.29) is 24.8 Å². The molecule has 5 heteroatoms. The Hall–Kier alpha value is -2.95. The normalized spacial score (nSPS) is 16.3. The van der Waals surface area contributed by atoms with Crippen molar-refractivity contribution in [3.63, 3.8) is 0 Å². The van der Waals surface area contributed by atoms with Gasteiger partial charge in [-0.2, -0.15) is 5.10 Å². The molecule has 3 rings (SSSR count). The molecule has 0 bridgehead atoms. The van der Waals surface area contributed by atoms with Gasteiger partial charge in [-0.3, -0.25) is 9.59 Å². The van der Waals surface area contributed by atoms with Crippen LogP contribution in [0.5, 0.6) is 0 Å². The maximum Gasteiger partial charge on any atom is 0.303 e. The molecule has 1 N–H and O–H groups in total. The van der Waals surface area contributed by atoms with E-state index >= 15 is 0 Å². The number of hydrogen-bond acceptors (Lipinski definition) is 3. The molecule has 1 heterocycles. The van der Waals surface area contributed by atoms with Crippen molar-refractivity contribution in [2.75, 3.05) is 0 Å². The Bertz CT molecular complexity index is 846. The van der Waals surface area contributed by atoms with Gasteiger partial charge in [0.25, 0.3) is 0 Å². The Morgan fingerprint density at radius 3 is 2.59 bits per heavy atom. The Morgan fingerprint density at radius 2 is 1.89 bits per heavy atom. The van der Waals surface area contributed by atoms with E-state index in [1.54, 1.807) is 5.01 Å². The number of amides is 1. The highest BCUT2D eigenvalue weighted by atomic mass is 16.4. The minimum absolute atomic E-state index is 0.00923. The van der Waals surface area contributed by atoms with Crippen LogP contribution in [0.1, 0.15) is 55.3 Å². The van der Waals surface area contributed by atoms with Crippen LogP contribution in [-0.2, 0) is 16.0 Å². The Labute approximate surface area is 159 Å². The number of carbonyl (C=O) groups excluding carboxylic acids is 1. The molecule has 5 nitrogen and oxygen atoms in total. The Kier molecular flexibility index (Phi) is 6.01. The number of nitrogens with zero attached hydrogens (tertiary/aromatic N) is 2. The summed E-state index contributed by atoms with van der Waals surface area (Å²) in [5, 5.41) is 15.0. The molecule has 1 amide bonds. The number of rotatable bonds is 7. The number of hydrazone groups is 1. The molecular weight excluding hydrogens is 340 g/mol. The van der Waals surface area contributed by atoms with Gasteiger partial charge >= 0.3 is 5.97 Å². The molecule has 0 saturated carbocycles. The zero-order chi connectivity index (χ0) is 19.2. The summed E-state index contributed by atoms with van der Waals surface area (Å²) in [7, 11) is 0. The van der Waals surface area contributed by atoms with Gasteiger partial charge in [-0.15, -0.1) is 0 Å². The molecule has 2 aromatic carbocycles. The maximum atomic E-state index is 12.7. The van der Waals surface area contributed by atoms with E-state index in [0.29, 0.717) is 12.8 Å². The van der Waals surface area contributed by atoms with E-state index in [1.807, 2.05) is 42.5 Å². The molecule has 0 fully saturated rings. The highest BCUT2D eigenvalue weighted by Gasteiger charge is 2.32. The fraction of sp³-hybridized carbons (Fsp3) is 0.318. The van der Waals surface area contributed by atoms with Crippen molar-refractivity contribution in [2.45, 2.75) is 45.1 Å². The van der Waals surface area contributed by atoms with Gasteiger partial charge in [0.2, 0.25) is 5.91 Å². The number of hydrogen-bond donors (Lipinski definition) is 1. The lowest BCUT2D eigenvalue weighted by Crippen LogP contribution is -2.26. The quantitative estimate of drug-likeness (QED) is 0.801. The molecule has 0 aliphatic carbocycles. The maximum absolute atomic E-state index is 12.7. The number of carbonyl (C=O) groups is 2. The topological polar surface area (TPSA) is 70.0 Å². The molecular formula is C22H24N2O3. The minimum Gasteiger partial charge on any atom is -0.481 e. The first-order valence-electron chi connectivity index (χ1n) is 9.34. The molecule has 140 valence electrons. The molecule has 0 unspecified atom stereocenters. The van der Waals surface area contributed by atoms with E-state index in [2.05, 4.69) is 24.2 Å². The van der Waals surface area contributed by atoms with Crippen molar-refractivity contribution in [1.82, 2.24) is 5.01 Å². The molecule has 1 aliphatic rings. The summed E-state index contributed by atoms with van der Waals surface area (Å²) in [4.78, 5) is 23.5. The van der Waals surface area contributed by atoms with Gasteiger partial charge in [-0.25, -0.2) is 5.01 Å². The molecule has 1 atom stereocenters. The lowest BCUT2D eigenvalue weighted by Gasteiger charge is -2.22. The number of benzene rings is 2. The molecule has 0 saturated heterocycles. The van der Waals surface area contributed by atoms with Gasteiger partial charge in [0.15, 0.2) is 0 Å². The summed E-state index contributed by atoms with van der Waals surface area (Å²) >= 11 is 0. The minimum atomic E-state index is -0.885. The van der Waals surface area contributed by atoms with Gasteiger partial charge in [0.05, 0.1) is 11.8 Å². The summed E-state index contributed by atoms with van der Waals surface area (Å²) < 4.78 is 0. The van der Waals surface area contributed by atoms with Crippen LogP contribution in [0.2, 0.25) is 0 Å². The van der Waals surface area contributed by atoms with Crippen LogP contribution in [0.15, 0.2) is 59.7 Å². The van der Waals surface area contributed by atoms with Crippen LogP contribution in [0.25, 0.3) is 0 Å². The largest absolute Gasteiger partial charge is 0.481 e. The monoisotopic (exact) mass is 364 g/mol. The predicted molar refractivity (Wildman–Crippen MR) is 104 cm³/mol. The van der Waals surface area contributed by atoms with Gasteiger partial charge < -0.3 is 5.11 Å². The van der Waals surface area contributed by atoms with Gasteiger partial charge in [0, 0.05) is 19.3 Å². The second-order valence-corrected chi connectivity index (χ2v) is 6.72. The third-order valence-electron chi connectivity index (χ3n) is 4.80. The van der Waals surface area contributed by atoms with E-state index in [0.717, 1.165) is 23.3 Å². The fourth-order valence-electron chi connectivity index (χ4n) is 3.33. The van der Waals surface area contributed by atoms with Crippen LogP contribution in [0.4, 0.5) is 0 Å². The zero-order valence-electron chi connectivity index (χ0n) is 15.5. The van der Waals surface area contributed by atoms with E-state index in [4.69, 9.17) is 5.11 Å². The van der Waals surface area contributed by atoms with Crippen molar-refractivity contribution in [3.05, 3.63) is 71.3 Å². The van der Waals surface area contributed by atoms with E-state index in [9.17, 15) is 9.59 Å². The molecule has 0 radical (unpaired) electrons. The average Bonchev–Trinajstić information content (AvgIpc) is 3.14. The summed E-state index contributed by atoms with van der Waals surface area (Å²) in [5.41, 5.74) is 4.20. The summed E-state index contributed by atoms with van der Waals surface area (Å²) in [6.07, 6.45) is 2.09. The van der Waals surface area contributed by atoms with Gasteiger partial charge in [-0.1, -0.05) is 55.5 Å². The Balaban J connectivity index is 1.85. The molecule has 2 aromatic rings. The lowest BCUT2D eigenvalue weighted by atomic mass is 9.97. The third kappa shape index (κ3) is 4.61. The fourth-order valence-corrected chi connectivity index (χ4v) is 3.33. The lowest BCUT2D eigenvalue weighted by molar-refractivity contribution is -0.137. The first-order chi connectivity index (χ1) is 13.1. The second kappa shape index (κ2) is 8.62. The van der Waals surface area contributed by atoms with E-state index < -0.39 is 5.97 Å². The van der Waals surface area contributed by atoms with Crippen molar-refractivity contribution in [3.8, 4) is 0 Å². The summed E-state index contributed by atoms with van der Waals surface area (Å²) in [6, 6.07) is 18.0. The second-order valence-electron chi connectivity index (χ2n) is 6.72. The standard InChI is InChI=1S/C22H24N2O3/c1-2-16-8-6-11-18(14-16)19-15-20(17-9-4-3-5-10-17)24(23-19)21(25)12-7-13-22(26)27/h3-6,8-11,14,20H,2,7,12-13,15H2,1H3,(H,26,27)/t20-/m0/s1. The predicted octanol–water partition coefficient (Wildman–Crippen LogP) is 4.18. The smallest absolute Gasteiger partial charge is 0.303 e. The van der Waals surface area contributed by atoms with Crippen molar-refractivity contribution >= 4 is 17.6 Å². The van der Waals surface area contributed by atoms with Crippen molar-refractivity contribution in [2.24, 2.45) is 5.10 Å². The zero-order valence-corrected chi connectivity index (χ0v) is 15.5. The van der Waals surface area contributed by atoms with Crippen molar-refractivity contribution < 1.29 is 14.7 Å². The van der Waals surface area contributed by atoms with Crippen LogP contribution < -0.4 is 0 Å². The molecule has 0 aromatic heterocycles. The highest BCUT2D eigenvalue weighted by Crippen LogP contribution is 2.33. The van der Waals surface area contributed by atoms with Crippen LogP contribution in [-0.4, -0.2) is 27.7 Å². The van der Waals surface area contributed by atoms with E-state index in [1.165, 1.54) is 5.56 Å². The number of carboxylic acid groups (broad SMARTS) is 1. The van der Waals surface area contributed by atoms with Gasteiger partial charge in [-0.05, 0) is 35.6 Å². The highest BCUT2D eigenvalue weighted by molar-refractivity contribution is 6.03. The Morgan fingerprint density at radius 1 is 1.11 bits per heavy atom. The first-order valence-corrected chi connectivity index (χ1v) is 9.34. The van der Waals surface area contributed by atoms with Crippen LogP contribution in [0, 0.1) is 0 Å². The number of aliphatic carboxylic acids is 1. The number of aryl methyl sites for hydroxylation is 1. The summed E-state index contributed by atoms with van der Waals surface area (Å²) in [5.74, 6) is -1.02. The van der Waals surface area contributed by atoms with Crippen LogP contribution in [0.3, 0.4) is 0 Å². The SMILES string of the molecule is CCc1cccc(C2=NN(C(=O)CCCC(=O)O)[C@H](c3ccccc3)C2)c1. The van der Waals surface area contributed by atoms with Crippen molar-refractivity contribution in [1.29, 1.82) is 0 Å². The van der Waals surface area contributed by atoms with Crippen LogP contribution >= 0.6 is 0 Å². The first kappa shape index (κ1) is 18.8. The molecule has 1 aliphatic heterocycles. The molecule has 0 spiro atoms. The average molecular weight is 364 g/mol. The number of carboxylic acids is 1. The third-order valence-corrected chi connectivity index (χ3v) is 4.80.